The van der Waals surface area contributed by atoms with Gasteiger partial charge in [0.05, 0.1) is 0 Å². The standard InChI is InChI=1S/C19H24FN/c1-3-4-13-19(16-9-6-5-7-10-16)21-15(2)17-11-8-12-18(20)14-17/h5-12,14-15,19,21H,3-4,13H2,1-2H3/t15-,19?/m0/s1. The second-order valence-corrected chi connectivity index (χ2v) is 5.55. The van der Waals surface area contributed by atoms with Crippen molar-refractivity contribution in [1.29, 1.82) is 0 Å². The van der Waals surface area contributed by atoms with Gasteiger partial charge in [0.15, 0.2) is 0 Å². The molecule has 1 unspecified atom stereocenters. The van der Waals surface area contributed by atoms with Gasteiger partial charge in [-0.15, -0.1) is 0 Å². The van der Waals surface area contributed by atoms with Crippen LogP contribution in [0.1, 0.15) is 56.3 Å². The van der Waals surface area contributed by atoms with Crippen LogP contribution in [0.15, 0.2) is 54.6 Å². The lowest BCUT2D eigenvalue weighted by Gasteiger charge is -2.24. The van der Waals surface area contributed by atoms with Gasteiger partial charge in [0.2, 0.25) is 0 Å². The Morgan fingerprint density at radius 2 is 1.71 bits per heavy atom. The monoisotopic (exact) mass is 285 g/mol. The number of hydrogen-bond donors (Lipinski definition) is 1. The van der Waals surface area contributed by atoms with Gasteiger partial charge < -0.3 is 5.32 Å². The smallest absolute Gasteiger partial charge is 0.123 e. The van der Waals surface area contributed by atoms with E-state index in [1.54, 1.807) is 12.1 Å². The summed E-state index contributed by atoms with van der Waals surface area (Å²) in [5.41, 5.74) is 2.29. The second kappa shape index (κ2) is 7.94. The number of hydrogen-bond acceptors (Lipinski definition) is 1. The quantitative estimate of drug-likeness (QED) is 0.717. The van der Waals surface area contributed by atoms with Crippen molar-refractivity contribution in [2.75, 3.05) is 0 Å². The molecule has 2 heteroatoms. The van der Waals surface area contributed by atoms with Crippen LogP contribution in [0, 0.1) is 5.82 Å². The third-order valence-electron chi connectivity index (χ3n) is 3.85. The molecule has 0 radical (unpaired) electrons. The van der Waals surface area contributed by atoms with Crippen LogP contribution in [-0.2, 0) is 0 Å². The van der Waals surface area contributed by atoms with E-state index >= 15 is 0 Å². The van der Waals surface area contributed by atoms with Gasteiger partial charge in [0, 0.05) is 12.1 Å². The molecule has 0 aromatic heterocycles. The molecule has 0 fully saturated rings. The summed E-state index contributed by atoms with van der Waals surface area (Å²) < 4.78 is 13.4. The van der Waals surface area contributed by atoms with Crippen LogP contribution in [0.5, 0.6) is 0 Å². The molecule has 2 atom stereocenters. The Kier molecular flexibility index (Phi) is 5.94. The van der Waals surface area contributed by atoms with Crippen molar-refractivity contribution in [3.8, 4) is 0 Å². The molecule has 0 bridgehead atoms. The molecule has 21 heavy (non-hydrogen) atoms. The summed E-state index contributed by atoms with van der Waals surface area (Å²) >= 11 is 0. The summed E-state index contributed by atoms with van der Waals surface area (Å²) in [5, 5.41) is 3.64. The normalized spacial score (nSPS) is 13.9. The van der Waals surface area contributed by atoms with Crippen LogP contribution < -0.4 is 5.32 Å². The summed E-state index contributed by atoms with van der Waals surface area (Å²) in [5.74, 6) is -0.175. The van der Waals surface area contributed by atoms with Gasteiger partial charge in [-0.25, -0.2) is 4.39 Å². The molecule has 0 aliphatic rings. The van der Waals surface area contributed by atoms with Gasteiger partial charge in [-0.1, -0.05) is 62.2 Å². The van der Waals surface area contributed by atoms with Crippen LogP contribution in [0.3, 0.4) is 0 Å². The van der Waals surface area contributed by atoms with Crippen molar-refractivity contribution >= 4 is 0 Å². The molecular weight excluding hydrogens is 261 g/mol. The Labute approximate surface area is 127 Å². The van der Waals surface area contributed by atoms with Crippen molar-refractivity contribution in [3.63, 3.8) is 0 Å². The Morgan fingerprint density at radius 1 is 1.00 bits per heavy atom. The zero-order valence-electron chi connectivity index (χ0n) is 12.9. The molecule has 112 valence electrons. The molecule has 0 aliphatic heterocycles. The van der Waals surface area contributed by atoms with Gasteiger partial charge in [0.25, 0.3) is 0 Å². The highest BCUT2D eigenvalue weighted by molar-refractivity contribution is 5.22. The molecule has 0 saturated carbocycles. The topological polar surface area (TPSA) is 12.0 Å². The summed E-state index contributed by atoms with van der Waals surface area (Å²) in [6.45, 7) is 4.30. The van der Waals surface area contributed by atoms with E-state index in [2.05, 4.69) is 43.4 Å². The van der Waals surface area contributed by atoms with E-state index in [4.69, 9.17) is 0 Å². The van der Waals surface area contributed by atoms with Gasteiger partial charge in [0.1, 0.15) is 5.82 Å². The van der Waals surface area contributed by atoms with Gasteiger partial charge in [-0.2, -0.15) is 0 Å². The molecule has 0 saturated heterocycles. The van der Waals surface area contributed by atoms with E-state index in [0.717, 1.165) is 12.0 Å². The third-order valence-corrected chi connectivity index (χ3v) is 3.85. The number of unbranched alkanes of at least 4 members (excludes halogenated alkanes) is 1. The Hall–Kier alpha value is -1.67. The summed E-state index contributed by atoms with van der Waals surface area (Å²) in [6, 6.07) is 17.8. The molecule has 2 aromatic carbocycles. The molecule has 2 rings (SSSR count). The first-order chi connectivity index (χ1) is 10.2. The number of benzene rings is 2. The fourth-order valence-electron chi connectivity index (χ4n) is 2.61. The van der Waals surface area contributed by atoms with Crippen molar-refractivity contribution in [2.24, 2.45) is 0 Å². The van der Waals surface area contributed by atoms with Crippen LogP contribution in [0.25, 0.3) is 0 Å². The lowest BCUT2D eigenvalue weighted by atomic mass is 9.98. The molecule has 2 aromatic rings. The van der Waals surface area contributed by atoms with Crippen molar-refractivity contribution in [2.45, 2.75) is 45.2 Å². The fourth-order valence-corrected chi connectivity index (χ4v) is 2.61. The first-order valence-electron chi connectivity index (χ1n) is 7.77. The van der Waals surface area contributed by atoms with Crippen LogP contribution in [0.2, 0.25) is 0 Å². The van der Waals surface area contributed by atoms with Gasteiger partial charge in [-0.05, 0) is 36.6 Å². The maximum atomic E-state index is 13.4. The summed E-state index contributed by atoms with van der Waals surface area (Å²) in [4.78, 5) is 0. The zero-order chi connectivity index (χ0) is 15.1. The largest absolute Gasteiger partial charge is 0.303 e. The minimum atomic E-state index is -0.175. The van der Waals surface area contributed by atoms with E-state index in [1.165, 1.54) is 24.5 Å². The molecule has 0 amide bonds. The fraction of sp³-hybridized carbons (Fsp3) is 0.368. The minimum Gasteiger partial charge on any atom is -0.303 e. The number of nitrogens with one attached hydrogen (secondary N) is 1. The van der Waals surface area contributed by atoms with E-state index in [9.17, 15) is 4.39 Å². The van der Waals surface area contributed by atoms with Gasteiger partial charge in [-0.3, -0.25) is 0 Å². The molecular formula is C19H24FN. The predicted molar refractivity (Wildman–Crippen MR) is 86.7 cm³/mol. The lowest BCUT2D eigenvalue weighted by Crippen LogP contribution is -2.24. The molecule has 0 spiro atoms. The maximum Gasteiger partial charge on any atom is 0.123 e. The Morgan fingerprint density at radius 3 is 2.38 bits per heavy atom. The zero-order valence-corrected chi connectivity index (χ0v) is 12.9. The Bertz CT molecular complexity index is 538. The van der Waals surface area contributed by atoms with Crippen molar-refractivity contribution in [3.05, 3.63) is 71.5 Å². The van der Waals surface area contributed by atoms with Crippen molar-refractivity contribution in [1.82, 2.24) is 5.32 Å². The Balaban J connectivity index is 2.11. The summed E-state index contributed by atoms with van der Waals surface area (Å²) in [7, 11) is 0. The third kappa shape index (κ3) is 4.68. The minimum absolute atomic E-state index is 0.128. The van der Waals surface area contributed by atoms with Crippen LogP contribution >= 0.6 is 0 Å². The highest BCUT2D eigenvalue weighted by Gasteiger charge is 2.15. The SMILES string of the molecule is CCCCC(N[C@@H](C)c1cccc(F)c1)c1ccccc1. The second-order valence-electron chi connectivity index (χ2n) is 5.55. The maximum absolute atomic E-state index is 13.4. The molecule has 0 aliphatic carbocycles. The highest BCUT2D eigenvalue weighted by atomic mass is 19.1. The first-order valence-corrected chi connectivity index (χ1v) is 7.77. The molecule has 0 heterocycles. The first kappa shape index (κ1) is 15.7. The number of rotatable bonds is 7. The average molecular weight is 285 g/mol. The van der Waals surface area contributed by atoms with E-state index in [1.807, 2.05) is 12.1 Å². The van der Waals surface area contributed by atoms with E-state index < -0.39 is 0 Å². The van der Waals surface area contributed by atoms with Crippen molar-refractivity contribution < 1.29 is 4.39 Å². The van der Waals surface area contributed by atoms with Crippen LogP contribution in [-0.4, -0.2) is 0 Å². The molecule has 1 nitrogen and oxygen atoms in total. The predicted octanol–water partition coefficient (Wildman–Crippen LogP) is 5.41. The van der Waals surface area contributed by atoms with E-state index in [-0.39, 0.29) is 11.9 Å². The van der Waals surface area contributed by atoms with E-state index in [0.29, 0.717) is 6.04 Å². The number of halogens is 1. The van der Waals surface area contributed by atoms with Crippen LogP contribution in [0.4, 0.5) is 4.39 Å². The highest BCUT2D eigenvalue weighted by Crippen LogP contribution is 2.24. The average Bonchev–Trinajstić information content (AvgIpc) is 2.52. The van der Waals surface area contributed by atoms with Gasteiger partial charge >= 0.3 is 0 Å². The molecule has 1 N–H and O–H groups in total. The lowest BCUT2D eigenvalue weighted by molar-refractivity contribution is 0.430. The summed E-state index contributed by atoms with van der Waals surface area (Å²) in [6.07, 6.45) is 3.46.